The van der Waals surface area contributed by atoms with Crippen LogP contribution in [0.4, 0.5) is 5.69 Å². The minimum atomic E-state index is -0.612. The number of rotatable bonds is 5. The number of nitrogens with zero attached hydrogens (tertiary/aromatic N) is 3. The molecule has 37 heavy (non-hydrogen) atoms. The summed E-state index contributed by atoms with van der Waals surface area (Å²) in [7, 11) is 0. The van der Waals surface area contributed by atoms with E-state index in [0.29, 0.717) is 28.8 Å². The van der Waals surface area contributed by atoms with Gasteiger partial charge in [0.1, 0.15) is 5.25 Å². The van der Waals surface area contributed by atoms with Gasteiger partial charge >= 0.3 is 0 Å². The number of aliphatic imine (C=N–C) groups is 1. The number of anilines is 1. The lowest BCUT2D eigenvalue weighted by Crippen LogP contribution is -2.25. The third-order valence-corrected chi connectivity index (χ3v) is 7.57. The Kier molecular flexibility index (Phi) is 6.13. The van der Waals surface area contributed by atoms with Crippen LogP contribution in [0.3, 0.4) is 0 Å². The zero-order valence-corrected chi connectivity index (χ0v) is 20.9. The van der Waals surface area contributed by atoms with Crippen LogP contribution < -0.4 is 14.8 Å². The molecule has 0 bridgehead atoms. The van der Waals surface area contributed by atoms with E-state index >= 15 is 0 Å². The minimum absolute atomic E-state index is 0.00329. The highest BCUT2D eigenvalue weighted by Gasteiger charge is 2.39. The van der Waals surface area contributed by atoms with Gasteiger partial charge in [-0.25, -0.2) is 5.01 Å². The zero-order chi connectivity index (χ0) is 25.4. The van der Waals surface area contributed by atoms with E-state index in [-0.39, 0.29) is 31.1 Å². The molecule has 0 aliphatic carbocycles. The van der Waals surface area contributed by atoms with E-state index in [1.54, 1.807) is 18.2 Å². The predicted molar refractivity (Wildman–Crippen MR) is 143 cm³/mol. The SMILES string of the molecule is Cc1ccc(C2=NN(C3=NC(=O)[C@@H](CC(=O)Nc4ccc5c(c4)OCO5)S3)[C@H](c3ccccc3)C2)cc1. The molecule has 0 unspecified atom stereocenters. The van der Waals surface area contributed by atoms with Crippen LogP contribution in [0, 0.1) is 6.92 Å². The van der Waals surface area contributed by atoms with Crippen molar-refractivity contribution in [3.05, 3.63) is 89.5 Å². The third-order valence-electron chi connectivity index (χ3n) is 6.43. The van der Waals surface area contributed by atoms with Crippen LogP contribution in [0.5, 0.6) is 11.5 Å². The summed E-state index contributed by atoms with van der Waals surface area (Å²) in [5.74, 6) is 0.623. The van der Waals surface area contributed by atoms with Gasteiger partial charge in [-0.05, 0) is 30.2 Å². The van der Waals surface area contributed by atoms with Crippen LogP contribution in [-0.2, 0) is 9.59 Å². The fourth-order valence-electron chi connectivity index (χ4n) is 4.50. The smallest absolute Gasteiger partial charge is 0.262 e. The summed E-state index contributed by atoms with van der Waals surface area (Å²) in [4.78, 5) is 29.9. The molecule has 1 N–H and O–H groups in total. The minimum Gasteiger partial charge on any atom is -0.454 e. The van der Waals surface area contributed by atoms with E-state index in [2.05, 4.69) is 53.6 Å². The summed E-state index contributed by atoms with van der Waals surface area (Å²) in [5.41, 5.74) is 4.84. The summed E-state index contributed by atoms with van der Waals surface area (Å²) < 4.78 is 10.7. The number of fused-ring (bicyclic) bond motifs is 1. The van der Waals surface area contributed by atoms with E-state index < -0.39 is 5.25 Å². The maximum absolute atomic E-state index is 12.8. The summed E-state index contributed by atoms with van der Waals surface area (Å²) in [6, 6.07) is 23.5. The summed E-state index contributed by atoms with van der Waals surface area (Å²) >= 11 is 1.29. The highest BCUT2D eigenvalue weighted by molar-refractivity contribution is 8.15. The van der Waals surface area contributed by atoms with Crippen molar-refractivity contribution < 1.29 is 19.1 Å². The van der Waals surface area contributed by atoms with Gasteiger partial charge < -0.3 is 14.8 Å². The van der Waals surface area contributed by atoms with Crippen molar-refractivity contribution in [2.45, 2.75) is 31.1 Å². The molecule has 3 aromatic carbocycles. The number of amidine groups is 1. The topological polar surface area (TPSA) is 92.6 Å². The van der Waals surface area contributed by atoms with Gasteiger partial charge in [-0.1, -0.05) is 71.9 Å². The number of amides is 2. The lowest BCUT2D eigenvalue weighted by atomic mass is 9.98. The molecule has 0 radical (unpaired) electrons. The molecule has 3 aromatic rings. The Balaban J connectivity index is 1.18. The molecule has 8 nitrogen and oxygen atoms in total. The van der Waals surface area contributed by atoms with Crippen LogP contribution in [0.25, 0.3) is 0 Å². The lowest BCUT2D eigenvalue weighted by Gasteiger charge is -2.23. The molecule has 6 rings (SSSR count). The Morgan fingerprint density at radius 3 is 2.65 bits per heavy atom. The number of hydrogen-bond donors (Lipinski definition) is 1. The molecule has 2 amide bonds. The maximum atomic E-state index is 12.8. The molecule has 0 fully saturated rings. The molecule has 0 saturated heterocycles. The average Bonchev–Trinajstić information content (AvgIpc) is 3.63. The number of ether oxygens (including phenoxy) is 2. The van der Waals surface area contributed by atoms with Crippen LogP contribution in [0.15, 0.2) is 82.9 Å². The van der Waals surface area contributed by atoms with Crippen LogP contribution in [-0.4, -0.2) is 39.7 Å². The zero-order valence-electron chi connectivity index (χ0n) is 20.1. The first-order valence-corrected chi connectivity index (χ1v) is 12.9. The monoisotopic (exact) mass is 512 g/mol. The second-order valence-corrected chi connectivity index (χ2v) is 10.2. The molecule has 3 aliphatic rings. The second kappa shape index (κ2) is 9.74. The van der Waals surface area contributed by atoms with Crippen LogP contribution >= 0.6 is 11.8 Å². The van der Waals surface area contributed by atoms with Gasteiger partial charge in [-0.2, -0.15) is 10.1 Å². The summed E-state index contributed by atoms with van der Waals surface area (Å²) in [6.07, 6.45) is 0.694. The number of carbonyl (C=O) groups excluding carboxylic acids is 2. The Morgan fingerprint density at radius 1 is 1.05 bits per heavy atom. The largest absolute Gasteiger partial charge is 0.454 e. The summed E-state index contributed by atoms with van der Waals surface area (Å²) in [5, 5.41) is 9.48. The molecule has 186 valence electrons. The van der Waals surface area contributed by atoms with Crippen molar-refractivity contribution in [1.82, 2.24) is 5.01 Å². The van der Waals surface area contributed by atoms with E-state index in [1.807, 2.05) is 23.2 Å². The van der Waals surface area contributed by atoms with Crippen molar-refractivity contribution >= 4 is 40.1 Å². The number of hydrogen-bond acceptors (Lipinski definition) is 7. The molecule has 2 atom stereocenters. The Morgan fingerprint density at radius 2 is 1.84 bits per heavy atom. The van der Waals surface area contributed by atoms with Crippen molar-refractivity contribution in [1.29, 1.82) is 0 Å². The molecule has 0 spiro atoms. The average molecular weight is 513 g/mol. The molecule has 3 heterocycles. The quantitative estimate of drug-likeness (QED) is 0.523. The Bertz CT molecular complexity index is 1420. The highest BCUT2D eigenvalue weighted by Crippen LogP contribution is 2.39. The molecular formula is C28H24N4O4S. The van der Waals surface area contributed by atoms with Gasteiger partial charge in [0.15, 0.2) is 16.7 Å². The molecule has 3 aliphatic heterocycles. The maximum Gasteiger partial charge on any atom is 0.262 e. The number of carbonyl (C=O) groups is 2. The van der Waals surface area contributed by atoms with Gasteiger partial charge in [0, 0.05) is 24.6 Å². The van der Waals surface area contributed by atoms with Gasteiger partial charge in [0.05, 0.1) is 11.8 Å². The number of thioether (sulfide) groups is 1. The van der Waals surface area contributed by atoms with Crippen molar-refractivity contribution in [2.24, 2.45) is 10.1 Å². The van der Waals surface area contributed by atoms with Gasteiger partial charge in [0.2, 0.25) is 12.7 Å². The van der Waals surface area contributed by atoms with Gasteiger partial charge in [-0.15, -0.1) is 0 Å². The summed E-state index contributed by atoms with van der Waals surface area (Å²) in [6.45, 7) is 2.21. The normalized spacial score (nSPS) is 20.1. The number of nitrogens with one attached hydrogen (secondary N) is 1. The first kappa shape index (κ1) is 23.3. The van der Waals surface area contributed by atoms with E-state index in [1.165, 1.54) is 17.3 Å². The fraction of sp³-hybridized carbons (Fsp3) is 0.214. The van der Waals surface area contributed by atoms with Crippen molar-refractivity contribution in [3.8, 4) is 11.5 Å². The Labute approximate surface area is 218 Å². The van der Waals surface area contributed by atoms with Crippen LogP contribution in [0.2, 0.25) is 0 Å². The highest BCUT2D eigenvalue weighted by atomic mass is 32.2. The van der Waals surface area contributed by atoms with Gasteiger partial charge in [-0.3, -0.25) is 9.59 Å². The molecular weight excluding hydrogens is 488 g/mol. The first-order valence-electron chi connectivity index (χ1n) is 12.0. The molecule has 0 aromatic heterocycles. The standard InChI is InChI=1S/C28H24N4O4S/c1-17-7-9-18(10-8-17)21-14-22(19-5-3-2-4-6-19)32(31-21)28-30-27(34)25(37-28)15-26(33)29-20-11-12-23-24(13-20)36-16-35-23/h2-13,22,25H,14-16H2,1H3,(H,29,33)/t22-,25+/m0/s1. The first-order chi connectivity index (χ1) is 18.0. The Hall–Kier alpha value is -4.11. The van der Waals surface area contributed by atoms with E-state index in [4.69, 9.17) is 14.6 Å². The van der Waals surface area contributed by atoms with Crippen molar-refractivity contribution in [3.63, 3.8) is 0 Å². The number of aryl methyl sites for hydroxylation is 1. The van der Waals surface area contributed by atoms with Gasteiger partial charge in [0.25, 0.3) is 5.91 Å². The number of hydrazone groups is 1. The molecule has 9 heteroatoms. The van der Waals surface area contributed by atoms with E-state index in [0.717, 1.165) is 16.8 Å². The lowest BCUT2D eigenvalue weighted by molar-refractivity contribution is -0.121. The molecule has 0 saturated carbocycles. The van der Waals surface area contributed by atoms with Crippen LogP contribution in [0.1, 0.15) is 35.6 Å². The number of benzene rings is 3. The predicted octanol–water partition coefficient (Wildman–Crippen LogP) is 4.90. The third kappa shape index (κ3) is 4.82. The second-order valence-electron chi connectivity index (χ2n) is 9.05. The fourth-order valence-corrected chi connectivity index (χ4v) is 5.56. The van der Waals surface area contributed by atoms with E-state index in [9.17, 15) is 9.59 Å². The van der Waals surface area contributed by atoms with Crippen molar-refractivity contribution in [2.75, 3.05) is 12.1 Å².